The molecule has 7 nitrogen and oxygen atoms in total. The first kappa shape index (κ1) is 23.1. The van der Waals surface area contributed by atoms with E-state index in [4.69, 9.17) is 14.8 Å². The van der Waals surface area contributed by atoms with Crippen molar-refractivity contribution in [2.75, 3.05) is 0 Å². The second-order valence-corrected chi connectivity index (χ2v) is 7.18. The molecule has 0 amide bonds. The van der Waals surface area contributed by atoms with E-state index in [-0.39, 0.29) is 0 Å². The van der Waals surface area contributed by atoms with Crippen LogP contribution in [0.3, 0.4) is 0 Å². The van der Waals surface area contributed by atoms with Gasteiger partial charge in [-0.3, -0.25) is 14.1 Å². The molecule has 2 atom stereocenters. The maximum absolute atomic E-state index is 10.2. The SMILES string of the molecule is CCCCC(CC)[CH2][Na].O=C(O)CC(C(=O)O)S(=O)(=O)O. The Morgan fingerprint density at radius 2 is 1.71 bits per heavy atom. The van der Waals surface area contributed by atoms with Crippen LogP contribution in [0.25, 0.3) is 0 Å². The fourth-order valence-corrected chi connectivity index (χ4v) is 3.26. The van der Waals surface area contributed by atoms with Crippen molar-refractivity contribution in [2.24, 2.45) is 5.92 Å². The summed E-state index contributed by atoms with van der Waals surface area (Å²) in [4.78, 5) is 20.0. The van der Waals surface area contributed by atoms with Crippen LogP contribution in [-0.4, -0.2) is 68.3 Å². The van der Waals surface area contributed by atoms with Gasteiger partial charge in [0, 0.05) is 0 Å². The van der Waals surface area contributed by atoms with Crippen LogP contribution in [0, 0.1) is 5.92 Å². The Morgan fingerprint density at radius 1 is 1.19 bits per heavy atom. The number of carbonyl (C=O) groups is 2. The van der Waals surface area contributed by atoms with Gasteiger partial charge in [0.15, 0.2) is 5.25 Å². The fraction of sp³-hybridized carbons (Fsp3) is 0.833. The van der Waals surface area contributed by atoms with Gasteiger partial charge in [-0.15, -0.1) is 0 Å². The Balaban J connectivity index is 0. The number of hydrogen-bond donors (Lipinski definition) is 3. The molecule has 0 aliphatic rings. The Kier molecular flexibility index (Phi) is 13.7. The second kappa shape index (κ2) is 12.4. The summed E-state index contributed by atoms with van der Waals surface area (Å²) < 4.78 is 30.2. The van der Waals surface area contributed by atoms with Crippen LogP contribution in [0.15, 0.2) is 0 Å². The van der Waals surface area contributed by atoms with Crippen molar-refractivity contribution in [1.29, 1.82) is 0 Å². The van der Waals surface area contributed by atoms with Crippen molar-refractivity contribution in [1.82, 2.24) is 0 Å². The molecule has 0 aliphatic carbocycles. The Bertz CT molecular complexity index is 404. The summed E-state index contributed by atoms with van der Waals surface area (Å²) in [6.07, 6.45) is 4.55. The zero-order valence-electron chi connectivity index (χ0n) is 12.8. The van der Waals surface area contributed by atoms with Crippen LogP contribution in [0.1, 0.15) is 46.0 Å². The molecular formula is C12H23NaO7S. The number of aliphatic carboxylic acids is 2. The van der Waals surface area contributed by atoms with Crippen molar-refractivity contribution in [3.8, 4) is 0 Å². The van der Waals surface area contributed by atoms with Gasteiger partial charge in [-0.05, 0) is 0 Å². The summed E-state index contributed by atoms with van der Waals surface area (Å²) in [7, 11) is -4.84. The molecule has 0 aromatic carbocycles. The van der Waals surface area contributed by atoms with E-state index in [1.165, 1.54) is 57.3 Å². The van der Waals surface area contributed by atoms with E-state index in [2.05, 4.69) is 13.8 Å². The Morgan fingerprint density at radius 3 is 1.90 bits per heavy atom. The minimum Gasteiger partial charge on any atom is -0.481 e. The third-order valence-electron chi connectivity index (χ3n) is 3.12. The van der Waals surface area contributed by atoms with Gasteiger partial charge >= 0.3 is 89.0 Å². The first-order valence-corrected chi connectivity index (χ1v) is 9.92. The third kappa shape index (κ3) is 13.2. The summed E-state index contributed by atoms with van der Waals surface area (Å²) in [5.41, 5.74) is 0. The van der Waals surface area contributed by atoms with E-state index < -0.39 is 33.7 Å². The molecule has 0 radical (unpaired) electrons. The van der Waals surface area contributed by atoms with E-state index in [9.17, 15) is 18.0 Å². The van der Waals surface area contributed by atoms with E-state index >= 15 is 0 Å². The molecule has 0 rings (SSSR count). The van der Waals surface area contributed by atoms with Crippen molar-refractivity contribution in [3.63, 3.8) is 0 Å². The minimum atomic E-state index is -4.84. The van der Waals surface area contributed by atoms with Crippen molar-refractivity contribution in [3.05, 3.63) is 0 Å². The summed E-state index contributed by atoms with van der Waals surface area (Å²) >= 11 is 1.40. The molecule has 3 N–H and O–H groups in total. The maximum Gasteiger partial charge on any atom is 0.325 e. The molecule has 21 heavy (non-hydrogen) atoms. The molecule has 0 fully saturated rings. The molecular weight excluding hydrogens is 311 g/mol. The van der Waals surface area contributed by atoms with Crippen LogP contribution in [0.4, 0.5) is 0 Å². The monoisotopic (exact) mass is 334 g/mol. The minimum absolute atomic E-state index is 1.07. The number of rotatable bonds is 9. The van der Waals surface area contributed by atoms with Gasteiger partial charge in [0.2, 0.25) is 0 Å². The predicted octanol–water partition coefficient (Wildman–Crippen LogP) is 1.59. The molecule has 0 saturated heterocycles. The van der Waals surface area contributed by atoms with Gasteiger partial charge in [-0.1, -0.05) is 0 Å². The van der Waals surface area contributed by atoms with Crippen LogP contribution in [0.5, 0.6) is 0 Å². The molecule has 0 bridgehead atoms. The van der Waals surface area contributed by atoms with Gasteiger partial charge in [0.25, 0.3) is 10.1 Å². The van der Waals surface area contributed by atoms with Gasteiger partial charge in [0.05, 0.1) is 6.42 Å². The molecule has 0 heterocycles. The normalized spacial score (nSPS) is 13.8. The molecule has 0 aromatic heterocycles. The van der Waals surface area contributed by atoms with Crippen molar-refractivity contribution in [2.45, 2.75) is 54.9 Å². The first-order chi connectivity index (χ1) is 9.59. The van der Waals surface area contributed by atoms with E-state index in [0.717, 1.165) is 5.92 Å². The standard InChI is InChI=1S/C8H17.C4H6O7S.Na/c1-4-6-7-8(3)5-2;5-3(6)1-2(4(7)8)12(9,10)11;/h8H,3-7H2,1-2H3;2H,1H2,(H,5,6)(H,7,8)(H,9,10,11);. The Labute approximate surface area is 143 Å². The number of carboxylic acids is 2. The third-order valence-corrected chi connectivity index (χ3v) is 5.36. The van der Waals surface area contributed by atoms with Crippen LogP contribution < -0.4 is 0 Å². The molecule has 9 heteroatoms. The maximum atomic E-state index is 10.2. The summed E-state index contributed by atoms with van der Waals surface area (Å²) in [6.45, 7) is 4.60. The summed E-state index contributed by atoms with van der Waals surface area (Å²) in [6, 6.07) is 0. The predicted molar refractivity (Wildman–Crippen MR) is 79.1 cm³/mol. The molecule has 0 spiro atoms. The fourth-order valence-electron chi connectivity index (χ4n) is 1.67. The van der Waals surface area contributed by atoms with Gasteiger partial charge in [-0.25, -0.2) is 0 Å². The van der Waals surface area contributed by atoms with Gasteiger partial charge in [-0.2, -0.15) is 8.42 Å². The molecule has 120 valence electrons. The van der Waals surface area contributed by atoms with Crippen LogP contribution in [-0.2, 0) is 19.7 Å². The average Bonchev–Trinajstić information content (AvgIpc) is 2.36. The largest absolute Gasteiger partial charge is 0.481 e. The summed E-state index contributed by atoms with van der Waals surface area (Å²) in [5, 5.41) is 13.9. The molecule has 0 aliphatic heterocycles. The number of hydrogen-bond acceptors (Lipinski definition) is 4. The summed E-state index contributed by atoms with van der Waals surface area (Å²) in [5.74, 6) is -2.43. The zero-order valence-corrected chi connectivity index (χ0v) is 15.6. The van der Waals surface area contributed by atoms with Crippen molar-refractivity contribution >= 4 is 50.0 Å². The van der Waals surface area contributed by atoms with E-state index in [0.29, 0.717) is 0 Å². The van der Waals surface area contributed by atoms with Gasteiger partial charge < -0.3 is 10.2 Å². The number of carboxylic acid groups (broad SMARTS) is 2. The van der Waals surface area contributed by atoms with Crippen molar-refractivity contribution < 1.29 is 32.8 Å². The smallest absolute Gasteiger partial charge is 0.325 e. The first-order valence-electron chi connectivity index (χ1n) is 7.00. The molecule has 0 aromatic rings. The van der Waals surface area contributed by atoms with Crippen LogP contribution in [0.2, 0.25) is 3.67 Å². The van der Waals surface area contributed by atoms with Crippen LogP contribution >= 0.6 is 0 Å². The van der Waals surface area contributed by atoms with E-state index in [1.807, 2.05) is 0 Å². The Hall–Kier alpha value is -0.150. The average molecular weight is 334 g/mol. The van der Waals surface area contributed by atoms with E-state index in [1.54, 1.807) is 0 Å². The molecule has 2 unspecified atom stereocenters. The second-order valence-electron chi connectivity index (χ2n) is 4.76. The quantitative estimate of drug-likeness (QED) is 0.431. The molecule has 0 saturated carbocycles. The van der Waals surface area contributed by atoms with Gasteiger partial charge in [0.1, 0.15) is 0 Å². The topological polar surface area (TPSA) is 129 Å². The zero-order chi connectivity index (χ0) is 17.1. The number of unbranched alkanes of at least 4 members (excludes halogenated alkanes) is 1.